The van der Waals surface area contributed by atoms with Gasteiger partial charge in [-0.25, -0.2) is 0 Å². The molecule has 0 aromatic heterocycles. The predicted molar refractivity (Wildman–Crippen MR) is 203 cm³/mol. The molecule has 2 aliphatic carbocycles. The normalized spacial score (nSPS) is 19.3. The van der Waals surface area contributed by atoms with Crippen LogP contribution in [0.25, 0.3) is 11.1 Å². The second-order valence-electron chi connectivity index (χ2n) is 15.8. The van der Waals surface area contributed by atoms with Crippen LogP contribution in [0.3, 0.4) is 0 Å². The summed E-state index contributed by atoms with van der Waals surface area (Å²) in [5, 5.41) is 0. The van der Waals surface area contributed by atoms with Crippen LogP contribution in [0.1, 0.15) is 112 Å². The van der Waals surface area contributed by atoms with Crippen LogP contribution < -0.4 is 0 Å². The van der Waals surface area contributed by atoms with E-state index >= 15 is 0 Å². The quantitative estimate of drug-likeness (QED) is 0.155. The van der Waals surface area contributed by atoms with Crippen molar-refractivity contribution in [2.75, 3.05) is 13.2 Å². The van der Waals surface area contributed by atoms with Crippen molar-refractivity contribution in [1.82, 2.24) is 4.90 Å². The van der Waals surface area contributed by atoms with Crippen LogP contribution in [0.15, 0.2) is 60.7 Å². The molecule has 0 N–H and O–H groups in total. The van der Waals surface area contributed by atoms with Crippen molar-refractivity contribution < 1.29 is 33.4 Å². The minimum atomic E-state index is -0.652. The summed E-state index contributed by atoms with van der Waals surface area (Å²) in [7, 11) is 0. The van der Waals surface area contributed by atoms with Crippen LogP contribution in [0, 0.1) is 37.5 Å². The highest BCUT2D eigenvalue weighted by Gasteiger charge is 2.40. The molecule has 0 saturated carbocycles. The molecule has 3 aliphatic rings. The number of carbonyl (C=O) groups is 5. The van der Waals surface area contributed by atoms with Crippen molar-refractivity contribution in [1.29, 1.82) is 0 Å². The van der Waals surface area contributed by atoms with Gasteiger partial charge in [-0.15, -0.1) is 0 Å². The second-order valence-corrected chi connectivity index (χ2v) is 15.8. The zero-order chi connectivity index (χ0) is 38.0. The van der Waals surface area contributed by atoms with E-state index in [-0.39, 0.29) is 67.3 Å². The smallest absolute Gasteiger partial charge is 0.310 e. The van der Waals surface area contributed by atoms with Gasteiger partial charge in [-0.1, -0.05) is 88.4 Å². The number of rotatable bonds is 14. The fraction of sp³-hybridized carbons (Fsp3) is 0.489. The second kappa shape index (κ2) is 16.2. The van der Waals surface area contributed by atoms with Gasteiger partial charge in [0.05, 0.1) is 18.4 Å². The van der Waals surface area contributed by atoms with E-state index in [0.717, 1.165) is 51.8 Å². The molecule has 6 rings (SSSR count). The monoisotopic (exact) mass is 719 g/mol. The Kier molecular flexibility index (Phi) is 11.7. The molecule has 1 aliphatic heterocycles. The fourth-order valence-electron chi connectivity index (χ4n) is 8.56. The molecule has 3 aromatic carbocycles. The zero-order valence-corrected chi connectivity index (χ0v) is 32.0. The molecule has 5 atom stereocenters. The number of ketones is 2. The number of Topliss-reactive ketones (excluding diaryl/α,β-unsaturated/α-hetero) is 2. The molecule has 280 valence electrons. The summed E-state index contributed by atoms with van der Waals surface area (Å²) >= 11 is 0. The van der Waals surface area contributed by atoms with Gasteiger partial charge in [0, 0.05) is 37.1 Å². The van der Waals surface area contributed by atoms with Crippen molar-refractivity contribution in [2.45, 2.75) is 105 Å². The number of hydrogen-bond donors (Lipinski definition) is 0. The van der Waals surface area contributed by atoms with E-state index in [0.29, 0.717) is 19.4 Å². The van der Waals surface area contributed by atoms with E-state index in [1.165, 1.54) is 5.56 Å². The Morgan fingerprint density at radius 3 is 2.11 bits per heavy atom. The van der Waals surface area contributed by atoms with Crippen LogP contribution in [-0.4, -0.2) is 53.5 Å². The van der Waals surface area contributed by atoms with Crippen LogP contribution in [0.5, 0.6) is 0 Å². The first-order valence-corrected chi connectivity index (χ1v) is 19.3. The Bertz CT molecular complexity index is 1850. The Hall–Kier alpha value is -4.59. The van der Waals surface area contributed by atoms with Gasteiger partial charge in [0.2, 0.25) is 5.91 Å². The standard InChI is InChI=1S/C45H53NO7/c1-26(2)36(45(51)53-41-20-19-31-18-17-27(3)30(6)43(31)41)24-40(48)38-16-11-21-46(38)44(50)29(5)22-39(47)28(4)23-42(49)52-25-37-34-14-9-7-12-32(34)33-13-8-10-15-35(33)37/h7-10,12-15,17-18,26,28-29,36-38,41H,11,16,19-25H2,1-6H3. The molecule has 1 saturated heterocycles. The van der Waals surface area contributed by atoms with Crippen LogP contribution >= 0.6 is 0 Å². The average Bonchev–Trinajstić information content (AvgIpc) is 3.87. The fourth-order valence-corrected chi connectivity index (χ4v) is 8.56. The van der Waals surface area contributed by atoms with Crippen LogP contribution in [-0.2, 0) is 39.9 Å². The summed E-state index contributed by atoms with van der Waals surface area (Å²) in [4.78, 5) is 68.8. The van der Waals surface area contributed by atoms with Gasteiger partial charge in [-0.3, -0.25) is 24.0 Å². The van der Waals surface area contributed by atoms with Gasteiger partial charge >= 0.3 is 11.9 Å². The van der Waals surface area contributed by atoms with Crippen molar-refractivity contribution in [3.05, 3.63) is 94.0 Å². The van der Waals surface area contributed by atoms with E-state index < -0.39 is 29.8 Å². The van der Waals surface area contributed by atoms with Crippen LogP contribution in [0.2, 0.25) is 0 Å². The molecule has 5 unspecified atom stereocenters. The minimum Gasteiger partial charge on any atom is -0.465 e. The molecule has 0 bridgehead atoms. The maximum Gasteiger partial charge on any atom is 0.310 e. The number of benzene rings is 3. The summed E-state index contributed by atoms with van der Waals surface area (Å²) in [6.45, 7) is 12.0. The van der Waals surface area contributed by atoms with Gasteiger partial charge in [-0.05, 0) is 90.0 Å². The van der Waals surface area contributed by atoms with Gasteiger partial charge in [0.15, 0.2) is 5.78 Å². The molecular weight excluding hydrogens is 666 g/mol. The first-order valence-electron chi connectivity index (χ1n) is 19.3. The Balaban J connectivity index is 0.999. The molecule has 1 heterocycles. The molecule has 0 radical (unpaired) electrons. The van der Waals surface area contributed by atoms with Crippen LogP contribution in [0.4, 0.5) is 0 Å². The number of ether oxygens (including phenoxy) is 2. The molecule has 3 aromatic rings. The lowest BCUT2D eigenvalue weighted by atomic mass is 9.88. The number of likely N-dealkylation sites (tertiary alicyclic amines) is 1. The van der Waals surface area contributed by atoms with Crippen molar-refractivity contribution in [3.8, 4) is 11.1 Å². The number of hydrogen-bond acceptors (Lipinski definition) is 7. The van der Waals surface area contributed by atoms with Gasteiger partial charge in [0.1, 0.15) is 18.5 Å². The van der Waals surface area contributed by atoms with Crippen molar-refractivity contribution in [2.24, 2.45) is 23.7 Å². The predicted octanol–water partition coefficient (Wildman–Crippen LogP) is 8.03. The molecule has 8 nitrogen and oxygen atoms in total. The van der Waals surface area contributed by atoms with E-state index in [2.05, 4.69) is 50.2 Å². The highest BCUT2D eigenvalue weighted by atomic mass is 16.5. The number of aryl methyl sites for hydroxylation is 2. The average molecular weight is 720 g/mol. The van der Waals surface area contributed by atoms with E-state index in [1.54, 1.807) is 18.7 Å². The summed E-state index contributed by atoms with van der Waals surface area (Å²) in [5.41, 5.74) is 9.15. The molecule has 8 heteroatoms. The number of carbonyl (C=O) groups excluding carboxylic acids is 5. The van der Waals surface area contributed by atoms with Crippen molar-refractivity contribution in [3.63, 3.8) is 0 Å². The van der Waals surface area contributed by atoms with Crippen molar-refractivity contribution >= 4 is 29.4 Å². The Morgan fingerprint density at radius 2 is 1.45 bits per heavy atom. The Morgan fingerprint density at radius 1 is 0.792 bits per heavy atom. The van der Waals surface area contributed by atoms with E-state index in [1.807, 2.05) is 38.1 Å². The van der Waals surface area contributed by atoms with Gasteiger partial charge in [0.25, 0.3) is 0 Å². The van der Waals surface area contributed by atoms with Gasteiger partial charge < -0.3 is 14.4 Å². The molecule has 0 spiro atoms. The van der Waals surface area contributed by atoms with E-state index in [9.17, 15) is 24.0 Å². The summed E-state index contributed by atoms with van der Waals surface area (Å²) in [6.07, 6.45) is 2.37. The SMILES string of the molecule is Cc1ccc2c(c1C)C(OC(=O)C(CC(=O)C1CCCN1C(=O)C(C)CC(=O)C(C)CC(=O)OCC1c3ccccc3-c3ccccc31)C(C)C)CC2. The van der Waals surface area contributed by atoms with E-state index in [4.69, 9.17) is 9.47 Å². The lowest BCUT2D eigenvalue weighted by molar-refractivity contribution is -0.158. The first-order chi connectivity index (χ1) is 25.3. The minimum absolute atomic E-state index is 0.00179. The lowest BCUT2D eigenvalue weighted by Crippen LogP contribution is -2.44. The zero-order valence-electron chi connectivity index (χ0n) is 32.0. The molecule has 1 amide bonds. The molecular formula is C45H53NO7. The number of amides is 1. The maximum absolute atomic E-state index is 13.8. The number of nitrogens with zero attached hydrogens (tertiary/aromatic N) is 1. The third-order valence-corrected chi connectivity index (χ3v) is 11.9. The maximum atomic E-state index is 13.8. The molecule has 1 fully saturated rings. The summed E-state index contributed by atoms with van der Waals surface area (Å²) in [6, 6.07) is 19.8. The summed E-state index contributed by atoms with van der Waals surface area (Å²) < 4.78 is 11.8. The third kappa shape index (κ3) is 8.02. The molecule has 53 heavy (non-hydrogen) atoms. The number of fused-ring (bicyclic) bond motifs is 4. The highest BCUT2D eigenvalue weighted by molar-refractivity contribution is 5.94. The Labute approximate surface area is 313 Å². The largest absolute Gasteiger partial charge is 0.465 e. The first kappa shape index (κ1) is 38.1. The highest BCUT2D eigenvalue weighted by Crippen LogP contribution is 2.44. The van der Waals surface area contributed by atoms with Gasteiger partial charge in [-0.2, -0.15) is 0 Å². The third-order valence-electron chi connectivity index (χ3n) is 11.9. The topological polar surface area (TPSA) is 107 Å². The summed E-state index contributed by atoms with van der Waals surface area (Å²) in [5.74, 6) is -3.47. The lowest BCUT2D eigenvalue weighted by Gasteiger charge is -2.29. The number of esters is 2.